The standard InChI is InChI=1S/C28H31Cl2N3O4S/c1-4-26(28(35)31-5-2)32(18-21-14-15-22(29)17-25(21)30)27(34)19-33(23-11-9-10-20(3)16-23)38(36,37)24-12-7-6-8-13-24/h6-17,26H,4-5,18-19H2,1-3H3,(H,31,35). The molecule has 2 amide bonds. The molecule has 0 bridgehead atoms. The van der Waals surface area contributed by atoms with Crippen molar-refractivity contribution in [1.82, 2.24) is 10.2 Å². The molecule has 1 unspecified atom stereocenters. The number of rotatable bonds is 11. The highest BCUT2D eigenvalue weighted by Crippen LogP contribution is 2.27. The van der Waals surface area contributed by atoms with Gasteiger partial charge in [-0.1, -0.05) is 66.5 Å². The fourth-order valence-corrected chi connectivity index (χ4v) is 5.97. The summed E-state index contributed by atoms with van der Waals surface area (Å²) in [5.74, 6) is -0.878. The van der Waals surface area contributed by atoms with E-state index >= 15 is 0 Å². The van der Waals surface area contributed by atoms with Crippen molar-refractivity contribution in [2.75, 3.05) is 17.4 Å². The third-order valence-electron chi connectivity index (χ3n) is 5.99. The number of halogens is 2. The number of amides is 2. The Balaban J connectivity index is 2.07. The molecule has 0 saturated carbocycles. The number of likely N-dealkylation sites (N-methyl/N-ethyl adjacent to an activating group) is 1. The lowest BCUT2D eigenvalue weighted by molar-refractivity contribution is -0.140. The maximum Gasteiger partial charge on any atom is 0.264 e. The zero-order chi connectivity index (χ0) is 27.9. The van der Waals surface area contributed by atoms with Crippen molar-refractivity contribution in [3.63, 3.8) is 0 Å². The van der Waals surface area contributed by atoms with E-state index in [4.69, 9.17) is 23.2 Å². The van der Waals surface area contributed by atoms with Gasteiger partial charge in [-0.25, -0.2) is 8.42 Å². The summed E-state index contributed by atoms with van der Waals surface area (Å²) >= 11 is 12.5. The second kappa shape index (κ2) is 13.1. The summed E-state index contributed by atoms with van der Waals surface area (Å²) in [5, 5.41) is 3.55. The van der Waals surface area contributed by atoms with Crippen LogP contribution in [0.25, 0.3) is 0 Å². The SMILES string of the molecule is CCNC(=O)C(CC)N(Cc1ccc(Cl)cc1Cl)C(=O)CN(c1cccc(C)c1)S(=O)(=O)c1ccccc1. The third-order valence-corrected chi connectivity index (χ3v) is 8.37. The van der Waals surface area contributed by atoms with E-state index in [1.165, 1.54) is 17.0 Å². The number of anilines is 1. The van der Waals surface area contributed by atoms with E-state index in [1.54, 1.807) is 68.4 Å². The predicted octanol–water partition coefficient (Wildman–Crippen LogP) is 5.44. The van der Waals surface area contributed by atoms with Crippen LogP contribution in [-0.4, -0.2) is 44.3 Å². The maximum absolute atomic E-state index is 14.0. The van der Waals surface area contributed by atoms with Gasteiger partial charge in [-0.15, -0.1) is 0 Å². The molecule has 10 heteroatoms. The van der Waals surface area contributed by atoms with Gasteiger partial charge < -0.3 is 10.2 Å². The molecule has 0 aromatic heterocycles. The predicted molar refractivity (Wildman–Crippen MR) is 152 cm³/mol. The fourth-order valence-electron chi connectivity index (χ4n) is 4.08. The summed E-state index contributed by atoms with van der Waals surface area (Å²) in [6.45, 7) is 5.30. The van der Waals surface area contributed by atoms with E-state index in [0.717, 1.165) is 9.87 Å². The van der Waals surface area contributed by atoms with E-state index in [2.05, 4.69) is 5.32 Å². The van der Waals surface area contributed by atoms with Crippen molar-refractivity contribution < 1.29 is 18.0 Å². The molecule has 0 spiro atoms. The van der Waals surface area contributed by atoms with Gasteiger partial charge in [-0.2, -0.15) is 0 Å². The highest BCUT2D eigenvalue weighted by atomic mass is 35.5. The van der Waals surface area contributed by atoms with Crippen molar-refractivity contribution in [2.24, 2.45) is 0 Å². The topological polar surface area (TPSA) is 86.8 Å². The second-order valence-corrected chi connectivity index (χ2v) is 11.4. The van der Waals surface area contributed by atoms with Crippen LogP contribution in [0.3, 0.4) is 0 Å². The molecular weight excluding hydrogens is 545 g/mol. The first-order chi connectivity index (χ1) is 18.1. The van der Waals surface area contributed by atoms with Crippen LogP contribution in [0.4, 0.5) is 5.69 Å². The molecule has 0 aliphatic rings. The van der Waals surface area contributed by atoms with Gasteiger partial charge in [0.2, 0.25) is 11.8 Å². The number of hydrogen-bond acceptors (Lipinski definition) is 4. The second-order valence-electron chi connectivity index (χ2n) is 8.74. The van der Waals surface area contributed by atoms with Crippen molar-refractivity contribution in [3.8, 4) is 0 Å². The van der Waals surface area contributed by atoms with E-state index in [-0.39, 0.29) is 17.3 Å². The first-order valence-corrected chi connectivity index (χ1v) is 14.4. The molecule has 7 nitrogen and oxygen atoms in total. The fraction of sp³-hybridized carbons (Fsp3) is 0.286. The molecule has 38 heavy (non-hydrogen) atoms. The van der Waals surface area contributed by atoms with Gasteiger partial charge in [0, 0.05) is 23.1 Å². The number of sulfonamides is 1. The molecule has 3 aromatic rings. The Morgan fingerprint density at radius 2 is 1.66 bits per heavy atom. The van der Waals surface area contributed by atoms with Gasteiger partial charge in [0.05, 0.1) is 10.6 Å². The average Bonchev–Trinajstić information content (AvgIpc) is 2.88. The number of carbonyl (C=O) groups excluding carboxylic acids is 2. The van der Waals surface area contributed by atoms with Gasteiger partial charge in [-0.05, 0) is 67.8 Å². The lowest BCUT2D eigenvalue weighted by Gasteiger charge is -2.33. The van der Waals surface area contributed by atoms with Crippen LogP contribution in [-0.2, 0) is 26.2 Å². The van der Waals surface area contributed by atoms with Crippen LogP contribution in [0.2, 0.25) is 10.0 Å². The number of carbonyl (C=O) groups is 2. The zero-order valence-electron chi connectivity index (χ0n) is 21.5. The van der Waals surface area contributed by atoms with Crippen LogP contribution in [0.15, 0.2) is 77.7 Å². The smallest absolute Gasteiger partial charge is 0.264 e. The number of aryl methyl sites for hydroxylation is 1. The Labute approximate surface area is 234 Å². The van der Waals surface area contributed by atoms with Gasteiger partial charge >= 0.3 is 0 Å². The lowest BCUT2D eigenvalue weighted by atomic mass is 10.1. The average molecular weight is 577 g/mol. The maximum atomic E-state index is 14.0. The number of nitrogens with one attached hydrogen (secondary N) is 1. The van der Waals surface area contributed by atoms with E-state index in [1.807, 2.05) is 13.0 Å². The van der Waals surface area contributed by atoms with Crippen LogP contribution >= 0.6 is 23.2 Å². The van der Waals surface area contributed by atoms with E-state index in [0.29, 0.717) is 34.3 Å². The van der Waals surface area contributed by atoms with Crippen molar-refractivity contribution in [3.05, 3.63) is 94.0 Å². The summed E-state index contributed by atoms with van der Waals surface area (Å²) in [6.07, 6.45) is 0.318. The molecule has 0 aliphatic heterocycles. The van der Waals surface area contributed by atoms with Crippen LogP contribution in [0.1, 0.15) is 31.4 Å². The Hall–Kier alpha value is -3.07. The summed E-state index contributed by atoms with van der Waals surface area (Å²) in [5.41, 5.74) is 1.76. The molecular formula is C28H31Cl2N3O4S. The molecule has 0 heterocycles. The summed E-state index contributed by atoms with van der Waals surface area (Å²) in [7, 11) is -4.11. The van der Waals surface area contributed by atoms with Gasteiger partial charge in [-0.3, -0.25) is 13.9 Å². The molecule has 202 valence electrons. The summed E-state index contributed by atoms with van der Waals surface area (Å²) < 4.78 is 28.6. The van der Waals surface area contributed by atoms with Crippen molar-refractivity contribution in [2.45, 2.75) is 44.7 Å². The van der Waals surface area contributed by atoms with Crippen molar-refractivity contribution >= 4 is 50.7 Å². The highest BCUT2D eigenvalue weighted by molar-refractivity contribution is 7.92. The van der Waals surface area contributed by atoms with Gasteiger partial charge in [0.25, 0.3) is 10.0 Å². The Morgan fingerprint density at radius 1 is 0.947 bits per heavy atom. The molecule has 1 N–H and O–H groups in total. The van der Waals surface area contributed by atoms with Crippen LogP contribution in [0, 0.1) is 6.92 Å². The third kappa shape index (κ3) is 7.07. The van der Waals surface area contributed by atoms with Crippen LogP contribution < -0.4 is 9.62 Å². The zero-order valence-corrected chi connectivity index (χ0v) is 23.9. The molecule has 1 atom stereocenters. The van der Waals surface area contributed by atoms with Gasteiger partial charge in [0.1, 0.15) is 12.6 Å². The molecule has 0 radical (unpaired) electrons. The molecule has 3 aromatic carbocycles. The summed E-state index contributed by atoms with van der Waals surface area (Å²) in [4.78, 5) is 28.4. The Kier molecular flexibility index (Phi) is 10.2. The van der Waals surface area contributed by atoms with Crippen LogP contribution in [0.5, 0.6) is 0 Å². The minimum atomic E-state index is -4.11. The number of nitrogens with zero attached hydrogens (tertiary/aromatic N) is 2. The first-order valence-electron chi connectivity index (χ1n) is 12.2. The Morgan fingerprint density at radius 3 is 2.26 bits per heavy atom. The van der Waals surface area contributed by atoms with Crippen molar-refractivity contribution in [1.29, 1.82) is 0 Å². The van der Waals surface area contributed by atoms with E-state index < -0.39 is 28.5 Å². The lowest BCUT2D eigenvalue weighted by Crippen LogP contribution is -2.52. The minimum absolute atomic E-state index is 0.00246. The largest absolute Gasteiger partial charge is 0.355 e. The highest BCUT2D eigenvalue weighted by Gasteiger charge is 2.33. The molecule has 0 aliphatic carbocycles. The summed E-state index contributed by atoms with van der Waals surface area (Å²) in [6, 6.07) is 18.9. The molecule has 0 fully saturated rings. The first kappa shape index (κ1) is 29.5. The minimum Gasteiger partial charge on any atom is -0.355 e. The normalized spacial score (nSPS) is 12.0. The Bertz CT molecular complexity index is 1380. The quantitative estimate of drug-likeness (QED) is 0.330. The van der Waals surface area contributed by atoms with E-state index in [9.17, 15) is 18.0 Å². The monoisotopic (exact) mass is 575 g/mol. The number of benzene rings is 3. The van der Waals surface area contributed by atoms with Gasteiger partial charge in [0.15, 0.2) is 0 Å². The molecule has 0 saturated heterocycles. The molecule has 3 rings (SSSR count). The number of hydrogen-bond donors (Lipinski definition) is 1.